The van der Waals surface area contributed by atoms with Gasteiger partial charge in [0.1, 0.15) is 0 Å². The lowest BCUT2D eigenvalue weighted by Gasteiger charge is -2.30. The van der Waals surface area contributed by atoms with E-state index < -0.39 is 20.0 Å². The summed E-state index contributed by atoms with van der Waals surface area (Å²) in [6.07, 6.45) is 0. The Kier molecular flexibility index (Phi) is 7.03. The molecule has 0 unspecified atom stereocenters. The number of morpholine rings is 1. The van der Waals surface area contributed by atoms with Crippen molar-refractivity contribution in [3.05, 3.63) is 46.4 Å². The second-order valence-corrected chi connectivity index (χ2v) is 11.1. The van der Waals surface area contributed by atoms with Crippen LogP contribution in [0.1, 0.15) is 6.92 Å². The van der Waals surface area contributed by atoms with Crippen molar-refractivity contribution in [3.63, 3.8) is 0 Å². The molecule has 8 nitrogen and oxygen atoms in total. The number of nitrogens with one attached hydrogen (secondary N) is 2. The third-order valence-electron chi connectivity index (χ3n) is 4.45. The number of sulfonamides is 2. The van der Waals surface area contributed by atoms with Gasteiger partial charge in [0, 0.05) is 18.1 Å². The molecule has 2 aromatic carbocycles. The van der Waals surface area contributed by atoms with Crippen LogP contribution in [0.15, 0.2) is 41.3 Å². The van der Waals surface area contributed by atoms with Crippen LogP contribution in [0, 0.1) is 0 Å². The van der Waals surface area contributed by atoms with Gasteiger partial charge in [0.05, 0.1) is 45.9 Å². The van der Waals surface area contributed by atoms with Crippen molar-refractivity contribution in [1.29, 1.82) is 0 Å². The van der Waals surface area contributed by atoms with Crippen LogP contribution in [0.5, 0.6) is 0 Å². The predicted molar refractivity (Wildman–Crippen MR) is 120 cm³/mol. The second kappa shape index (κ2) is 9.19. The normalized spacial score (nSPS) is 15.1. The van der Waals surface area contributed by atoms with E-state index in [1.165, 1.54) is 37.3 Å². The number of benzene rings is 2. The van der Waals surface area contributed by atoms with Gasteiger partial charge in [-0.25, -0.2) is 16.8 Å². The van der Waals surface area contributed by atoms with Gasteiger partial charge in [-0.1, -0.05) is 23.2 Å². The molecular weight excluding hydrogens is 473 g/mol. The van der Waals surface area contributed by atoms with E-state index in [-0.39, 0.29) is 27.0 Å². The average Bonchev–Trinajstić information content (AvgIpc) is 2.71. The Hall–Kier alpha value is -1.72. The zero-order valence-corrected chi connectivity index (χ0v) is 19.2. The predicted octanol–water partition coefficient (Wildman–Crippen LogP) is 3.39. The summed E-state index contributed by atoms with van der Waals surface area (Å²) in [4.78, 5) is 1.82. The van der Waals surface area contributed by atoms with E-state index >= 15 is 0 Å². The zero-order valence-electron chi connectivity index (χ0n) is 16.1. The van der Waals surface area contributed by atoms with E-state index in [1.807, 2.05) is 4.90 Å². The molecule has 1 fully saturated rings. The first kappa shape index (κ1) is 23.0. The number of hydrogen-bond donors (Lipinski definition) is 2. The van der Waals surface area contributed by atoms with Crippen LogP contribution in [-0.2, 0) is 24.8 Å². The molecule has 0 saturated carbocycles. The molecule has 0 aromatic heterocycles. The maximum absolute atomic E-state index is 12.9. The molecule has 1 saturated heterocycles. The summed E-state index contributed by atoms with van der Waals surface area (Å²) in [7, 11) is -7.68. The summed E-state index contributed by atoms with van der Waals surface area (Å²) in [5, 5.41) is 0.496. The molecule has 0 bridgehead atoms. The molecule has 3 rings (SSSR count). The van der Waals surface area contributed by atoms with Crippen molar-refractivity contribution in [2.75, 3.05) is 46.4 Å². The van der Waals surface area contributed by atoms with Crippen LogP contribution >= 0.6 is 23.2 Å². The molecule has 1 aliphatic rings. The largest absolute Gasteiger partial charge is 0.378 e. The first-order valence-corrected chi connectivity index (χ1v) is 13.0. The van der Waals surface area contributed by atoms with Gasteiger partial charge in [-0.3, -0.25) is 9.44 Å². The monoisotopic (exact) mass is 493 g/mol. The van der Waals surface area contributed by atoms with Gasteiger partial charge in [-0.15, -0.1) is 0 Å². The number of ether oxygens (including phenoxy) is 1. The minimum absolute atomic E-state index is 0.121. The highest BCUT2D eigenvalue weighted by atomic mass is 35.5. The number of rotatable bonds is 7. The molecule has 2 N–H and O–H groups in total. The first-order chi connectivity index (χ1) is 14.1. The van der Waals surface area contributed by atoms with Crippen LogP contribution in [0.25, 0.3) is 0 Å². The van der Waals surface area contributed by atoms with Gasteiger partial charge in [0.2, 0.25) is 10.0 Å². The molecule has 12 heteroatoms. The summed E-state index contributed by atoms with van der Waals surface area (Å²) in [6, 6.07) is 8.69. The van der Waals surface area contributed by atoms with Gasteiger partial charge in [-0.2, -0.15) is 0 Å². The molecule has 0 amide bonds. The van der Waals surface area contributed by atoms with Crippen LogP contribution in [0.3, 0.4) is 0 Å². The quantitative estimate of drug-likeness (QED) is 0.612. The minimum Gasteiger partial charge on any atom is -0.378 e. The number of halogens is 2. The average molecular weight is 494 g/mol. The Labute approximate surface area is 186 Å². The Balaban J connectivity index is 2.01. The van der Waals surface area contributed by atoms with Gasteiger partial charge >= 0.3 is 0 Å². The van der Waals surface area contributed by atoms with E-state index in [4.69, 9.17) is 27.9 Å². The number of anilines is 3. The molecule has 1 aliphatic heterocycles. The summed E-state index contributed by atoms with van der Waals surface area (Å²) < 4.78 is 60.4. The number of hydrogen-bond acceptors (Lipinski definition) is 6. The fraction of sp³-hybridized carbons (Fsp3) is 0.333. The van der Waals surface area contributed by atoms with E-state index in [1.54, 1.807) is 6.07 Å². The molecular formula is C18H21Cl2N3O5S2. The Morgan fingerprint density at radius 1 is 0.967 bits per heavy atom. The highest BCUT2D eigenvalue weighted by Gasteiger charge is 2.22. The fourth-order valence-electron chi connectivity index (χ4n) is 2.86. The fourth-order valence-corrected chi connectivity index (χ4v) is 5.00. The molecule has 0 atom stereocenters. The third-order valence-corrected chi connectivity index (χ3v) is 7.67. The summed E-state index contributed by atoms with van der Waals surface area (Å²) in [5.74, 6) is -0.150. The molecule has 164 valence electrons. The molecule has 30 heavy (non-hydrogen) atoms. The maximum atomic E-state index is 12.9. The molecule has 2 aromatic rings. The van der Waals surface area contributed by atoms with Gasteiger partial charge in [-0.05, 0) is 43.3 Å². The van der Waals surface area contributed by atoms with Crippen LogP contribution in [-0.4, -0.2) is 48.9 Å². The van der Waals surface area contributed by atoms with Crippen LogP contribution in [0.4, 0.5) is 17.1 Å². The second-order valence-electron chi connectivity index (χ2n) is 6.51. The van der Waals surface area contributed by atoms with Crippen molar-refractivity contribution in [2.45, 2.75) is 11.8 Å². The Bertz CT molecular complexity index is 1130. The van der Waals surface area contributed by atoms with Gasteiger partial charge in [0.25, 0.3) is 10.0 Å². The lowest BCUT2D eigenvalue weighted by molar-refractivity contribution is 0.123. The summed E-state index contributed by atoms with van der Waals surface area (Å²) in [6.45, 7) is 3.61. The van der Waals surface area contributed by atoms with Crippen molar-refractivity contribution in [2.24, 2.45) is 0 Å². The van der Waals surface area contributed by atoms with E-state index in [2.05, 4.69) is 9.44 Å². The third kappa shape index (κ3) is 5.50. The topological polar surface area (TPSA) is 105 Å². The standard InChI is InChI=1S/C18H21Cl2N3O5S2/c1-2-29(24,25)21-17-12-14(4-6-18(17)23-7-9-28-10-8-23)30(26,27)22-16-11-13(19)3-5-15(16)20/h3-6,11-12,21-22H,2,7-10H2,1H3. The summed E-state index contributed by atoms with van der Waals surface area (Å²) in [5.41, 5.74) is 0.881. The van der Waals surface area contributed by atoms with Gasteiger partial charge in [0.15, 0.2) is 0 Å². The molecule has 0 aliphatic carbocycles. The van der Waals surface area contributed by atoms with Crippen molar-refractivity contribution < 1.29 is 21.6 Å². The van der Waals surface area contributed by atoms with Crippen molar-refractivity contribution in [3.8, 4) is 0 Å². The van der Waals surface area contributed by atoms with Crippen LogP contribution in [0.2, 0.25) is 10.0 Å². The lowest BCUT2D eigenvalue weighted by Crippen LogP contribution is -2.37. The van der Waals surface area contributed by atoms with Crippen molar-refractivity contribution >= 4 is 60.3 Å². The summed E-state index contributed by atoms with van der Waals surface area (Å²) >= 11 is 12.0. The van der Waals surface area contributed by atoms with Crippen molar-refractivity contribution in [1.82, 2.24) is 0 Å². The highest BCUT2D eigenvalue weighted by Crippen LogP contribution is 2.33. The Morgan fingerprint density at radius 3 is 2.33 bits per heavy atom. The van der Waals surface area contributed by atoms with E-state index in [0.717, 1.165) is 0 Å². The molecule has 0 spiro atoms. The van der Waals surface area contributed by atoms with Gasteiger partial charge < -0.3 is 9.64 Å². The smallest absolute Gasteiger partial charge is 0.262 e. The first-order valence-electron chi connectivity index (χ1n) is 9.06. The van der Waals surface area contributed by atoms with Crippen LogP contribution < -0.4 is 14.3 Å². The Morgan fingerprint density at radius 2 is 1.67 bits per heavy atom. The van der Waals surface area contributed by atoms with E-state index in [0.29, 0.717) is 37.0 Å². The maximum Gasteiger partial charge on any atom is 0.262 e. The lowest BCUT2D eigenvalue weighted by atomic mass is 10.2. The zero-order chi connectivity index (χ0) is 21.9. The minimum atomic E-state index is -4.06. The van der Waals surface area contributed by atoms with E-state index in [9.17, 15) is 16.8 Å². The number of nitrogens with zero attached hydrogens (tertiary/aromatic N) is 1. The molecule has 1 heterocycles. The molecule has 0 radical (unpaired) electrons. The SMILES string of the molecule is CCS(=O)(=O)Nc1cc(S(=O)(=O)Nc2cc(Cl)ccc2Cl)ccc1N1CCOCC1. The highest BCUT2D eigenvalue weighted by molar-refractivity contribution is 7.93.